The zero-order valence-electron chi connectivity index (χ0n) is 14.8. The van der Waals surface area contributed by atoms with E-state index in [1.165, 1.54) is 11.8 Å². The third kappa shape index (κ3) is 4.75. The number of para-hydroxylation sites is 2. The van der Waals surface area contributed by atoms with E-state index in [0.29, 0.717) is 24.0 Å². The number of benzene rings is 1. The van der Waals surface area contributed by atoms with Crippen molar-refractivity contribution in [2.45, 2.75) is 11.7 Å². The highest BCUT2D eigenvalue weighted by atomic mass is 32.2. The number of carbonyl (C=O) groups is 1. The van der Waals surface area contributed by atoms with Crippen molar-refractivity contribution in [1.82, 2.24) is 25.1 Å². The molecule has 1 amide bonds. The second kappa shape index (κ2) is 9.33. The third-order valence-corrected chi connectivity index (χ3v) is 5.47. The van der Waals surface area contributed by atoms with Crippen LogP contribution in [-0.2, 0) is 11.3 Å². The van der Waals surface area contributed by atoms with Gasteiger partial charge in [-0.05, 0) is 34.0 Å². The summed E-state index contributed by atoms with van der Waals surface area (Å²) in [7, 11) is 1.59. The molecule has 0 aliphatic rings. The number of rotatable bonds is 9. The van der Waals surface area contributed by atoms with E-state index in [9.17, 15) is 4.79 Å². The molecule has 0 aliphatic carbocycles. The highest BCUT2D eigenvalue weighted by molar-refractivity contribution is 7.99. The van der Waals surface area contributed by atoms with E-state index in [2.05, 4.69) is 22.1 Å². The van der Waals surface area contributed by atoms with Gasteiger partial charge >= 0.3 is 0 Å². The van der Waals surface area contributed by atoms with Gasteiger partial charge in [0, 0.05) is 11.4 Å². The topological polar surface area (TPSA) is 73.1 Å². The van der Waals surface area contributed by atoms with Gasteiger partial charge in [-0.25, -0.2) is 0 Å². The van der Waals surface area contributed by atoms with Crippen molar-refractivity contribution in [3.8, 4) is 11.4 Å². The average Bonchev–Trinajstić information content (AvgIpc) is 3.37. The second-order valence-electron chi connectivity index (χ2n) is 5.48. The number of carbonyl (C=O) groups excluding carboxylic acids is 1. The summed E-state index contributed by atoms with van der Waals surface area (Å²) in [5.41, 5.74) is 0.724. The minimum Gasteiger partial charge on any atom is -0.494 e. The van der Waals surface area contributed by atoms with Gasteiger partial charge in [-0.1, -0.05) is 36.0 Å². The predicted octanol–water partition coefficient (Wildman–Crippen LogP) is 3.04. The summed E-state index contributed by atoms with van der Waals surface area (Å²) in [4.78, 5) is 15.6. The lowest BCUT2D eigenvalue weighted by Crippen LogP contribution is -2.31. The van der Waals surface area contributed by atoms with Gasteiger partial charge in [0.1, 0.15) is 11.4 Å². The van der Waals surface area contributed by atoms with Crippen molar-refractivity contribution in [3.63, 3.8) is 0 Å². The lowest BCUT2D eigenvalue weighted by molar-refractivity contribution is -0.128. The van der Waals surface area contributed by atoms with Crippen molar-refractivity contribution >= 4 is 29.0 Å². The Morgan fingerprint density at radius 2 is 2.22 bits per heavy atom. The summed E-state index contributed by atoms with van der Waals surface area (Å²) < 4.78 is 6.95. The van der Waals surface area contributed by atoms with E-state index < -0.39 is 0 Å². The molecule has 1 aromatic carbocycles. The molecule has 0 atom stereocenters. The Kier molecular flexibility index (Phi) is 6.61. The number of aromatic nitrogens is 4. The van der Waals surface area contributed by atoms with Gasteiger partial charge in [0.25, 0.3) is 0 Å². The van der Waals surface area contributed by atoms with Gasteiger partial charge in [0.2, 0.25) is 11.1 Å². The molecule has 3 rings (SSSR count). The van der Waals surface area contributed by atoms with Crippen LogP contribution in [0.15, 0.2) is 59.6 Å². The first-order valence-electron chi connectivity index (χ1n) is 8.18. The van der Waals surface area contributed by atoms with Crippen molar-refractivity contribution in [3.05, 3.63) is 59.3 Å². The van der Waals surface area contributed by atoms with E-state index in [1.54, 1.807) is 34.1 Å². The number of amides is 1. The summed E-state index contributed by atoms with van der Waals surface area (Å²) in [5.74, 6) is 0.890. The van der Waals surface area contributed by atoms with E-state index >= 15 is 0 Å². The van der Waals surface area contributed by atoms with E-state index in [-0.39, 0.29) is 11.7 Å². The molecule has 0 unspecified atom stereocenters. The van der Waals surface area contributed by atoms with E-state index in [4.69, 9.17) is 4.74 Å². The number of hydrogen-bond donors (Lipinski definition) is 0. The molecule has 0 saturated heterocycles. The number of ether oxygens (including phenoxy) is 1. The van der Waals surface area contributed by atoms with E-state index in [1.807, 2.05) is 41.8 Å². The number of thioether (sulfide) groups is 1. The van der Waals surface area contributed by atoms with Crippen LogP contribution in [0.1, 0.15) is 4.88 Å². The van der Waals surface area contributed by atoms with Crippen molar-refractivity contribution in [2.24, 2.45) is 0 Å². The first-order chi connectivity index (χ1) is 13.2. The first-order valence-corrected chi connectivity index (χ1v) is 10.0. The number of methoxy groups -OCH3 is 1. The van der Waals surface area contributed by atoms with Crippen molar-refractivity contribution < 1.29 is 9.53 Å². The lowest BCUT2D eigenvalue weighted by atomic mass is 10.3. The smallest absolute Gasteiger partial charge is 0.233 e. The molecule has 3 aromatic rings. The number of nitrogens with zero attached hydrogens (tertiary/aromatic N) is 5. The van der Waals surface area contributed by atoms with E-state index in [0.717, 1.165) is 10.6 Å². The lowest BCUT2D eigenvalue weighted by Gasteiger charge is -2.20. The van der Waals surface area contributed by atoms with Gasteiger partial charge < -0.3 is 9.64 Å². The fourth-order valence-corrected chi connectivity index (χ4v) is 3.95. The molecule has 0 fully saturated rings. The highest BCUT2D eigenvalue weighted by Crippen LogP contribution is 2.25. The molecule has 9 heteroatoms. The molecule has 27 heavy (non-hydrogen) atoms. The standard InChI is InChI=1S/C18H19N5O2S2/c1-3-10-22(12-14-7-6-11-26-14)17(24)13-27-18-19-20-21-23(18)15-8-4-5-9-16(15)25-2/h3-9,11H,1,10,12-13H2,2H3. The van der Waals surface area contributed by atoms with Crippen molar-refractivity contribution in [1.29, 1.82) is 0 Å². The Morgan fingerprint density at radius 3 is 2.96 bits per heavy atom. The molecule has 140 valence electrons. The largest absolute Gasteiger partial charge is 0.494 e. The first kappa shape index (κ1) is 19.1. The molecule has 2 heterocycles. The summed E-state index contributed by atoms with van der Waals surface area (Å²) >= 11 is 2.92. The number of thiophene rings is 1. The molecule has 0 radical (unpaired) electrons. The molecular weight excluding hydrogens is 382 g/mol. The van der Waals surface area contributed by atoms with Crippen LogP contribution in [0.3, 0.4) is 0 Å². The fraction of sp³-hybridized carbons (Fsp3) is 0.222. The molecule has 0 N–H and O–H groups in total. The second-order valence-corrected chi connectivity index (χ2v) is 7.45. The van der Waals surface area contributed by atoms with Crippen LogP contribution >= 0.6 is 23.1 Å². The van der Waals surface area contributed by atoms with Crippen LogP contribution in [0.25, 0.3) is 5.69 Å². The Labute approximate surface area is 165 Å². The molecule has 7 nitrogen and oxygen atoms in total. The van der Waals surface area contributed by atoms with Crippen LogP contribution in [0.4, 0.5) is 0 Å². The monoisotopic (exact) mass is 401 g/mol. The highest BCUT2D eigenvalue weighted by Gasteiger charge is 2.18. The number of tetrazole rings is 1. The Balaban J connectivity index is 1.70. The predicted molar refractivity (Wildman–Crippen MR) is 106 cm³/mol. The quantitative estimate of drug-likeness (QED) is 0.405. The molecule has 2 aromatic heterocycles. The molecule has 0 bridgehead atoms. The van der Waals surface area contributed by atoms with Crippen LogP contribution in [0.2, 0.25) is 0 Å². The minimum atomic E-state index is 0.00266. The third-order valence-electron chi connectivity index (χ3n) is 3.71. The van der Waals surface area contributed by atoms with Crippen LogP contribution in [0, 0.1) is 0 Å². The maximum absolute atomic E-state index is 12.7. The maximum Gasteiger partial charge on any atom is 0.233 e. The normalized spacial score (nSPS) is 10.6. The Bertz CT molecular complexity index is 895. The zero-order chi connectivity index (χ0) is 19.1. The summed E-state index contributed by atoms with van der Waals surface area (Å²) in [6.07, 6.45) is 1.73. The molecule has 0 aliphatic heterocycles. The minimum absolute atomic E-state index is 0.00266. The Hall–Kier alpha value is -2.65. The fourth-order valence-electron chi connectivity index (χ4n) is 2.44. The average molecular weight is 402 g/mol. The molecule has 0 spiro atoms. The Morgan fingerprint density at radius 1 is 1.37 bits per heavy atom. The number of hydrogen-bond acceptors (Lipinski definition) is 7. The van der Waals surface area contributed by atoms with Gasteiger partial charge in [-0.15, -0.1) is 23.0 Å². The van der Waals surface area contributed by atoms with Crippen LogP contribution in [-0.4, -0.2) is 50.4 Å². The van der Waals surface area contributed by atoms with Gasteiger partial charge in [-0.3, -0.25) is 4.79 Å². The summed E-state index contributed by atoms with van der Waals surface area (Å²) in [6, 6.07) is 11.5. The van der Waals surface area contributed by atoms with Gasteiger partial charge in [-0.2, -0.15) is 4.68 Å². The van der Waals surface area contributed by atoms with Crippen LogP contribution < -0.4 is 4.74 Å². The summed E-state index contributed by atoms with van der Waals surface area (Å²) in [6.45, 7) is 4.81. The zero-order valence-corrected chi connectivity index (χ0v) is 16.4. The summed E-state index contributed by atoms with van der Waals surface area (Å²) in [5, 5.41) is 14.3. The molecule has 0 saturated carbocycles. The van der Waals surface area contributed by atoms with Gasteiger partial charge in [0.15, 0.2) is 0 Å². The maximum atomic E-state index is 12.7. The SMILES string of the molecule is C=CCN(Cc1cccs1)C(=O)CSc1nnnn1-c1ccccc1OC. The van der Waals surface area contributed by atoms with Gasteiger partial charge in [0.05, 0.1) is 19.4 Å². The van der Waals surface area contributed by atoms with Crippen LogP contribution in [0.5, 0.6) is 5.75 Å². The molecular formula is C18H19N5O2S2. The van der Waals surface area contributed by atoms with Crippen molar-refractivity contribution in [2.75, 3.05) is 19.4 Å².